The number of nitrogens with zero attached hydrogens (tertiary/aromatic N) is 4. The molecule has 6 heteroatoms. The first kappa shape index (κ1) is 13.1. The minimum atomic E-state index is 0.378. The van der Waals surface area contributed by atoms with E-state index in [4.69, 9.17) is 18.0 Å². The van der Waals surface area contributed by atoms with E-state index in [1.807, 2.05) is 11.6 Å². The normalized spacial score (nSPS) is 11.3. The van der Waals surface area contributed by atoms with Crippen molar-refractivity contribution in [2.45, 2.75) is 39.9 Å². The lowest BCUT2D eigenvalue weighted by atomic mass is 10.3. The summed E-state index contributed by atoms with van der Waals surface area (Å²) < 4.78 is 1.88. The fourth-order valence-electron chi connectivity index (χ4n) is 1.48. The highest BCUT2D eigenvalue weighted by atomic mass is 32.1. The molecule has 0 fully saturated rings. The molecule has 90 valence electrons. The minimum absolute atomic E-state index is 0.378. The van der Waals surface area contributed by atoms with Crippen molar-refractivity contribution in [1.82, 2.24) is 19.7 Å². The second kappa shape index (κ2) is 5.91. The molecule has 0 radical (unpaired) electrons. The van der Waals surface area contributed by atoms with Gasteiger partial charge in [-0.15, -0.1) is 0 Å². The van der Waals surface area contributed by atoms with Gasteiger partial charge >= 0.3 is 0 Å². The molecule has 0 aliphatic rings. The molecule has 1 aromatic heterocycles. The van der Waals surface area contributed by atoms with Crippen LogP contribution in [-0.2, 0) is 13.1 Å². The summed E-state index contributed by atoms with van der Waals surface area (Å²) in [5, 5.41) is 4.14. The number of hydrogen-bond donors (Lipinski definition) is 1. The van der Waals surface area contributed by atoms with Crippen molar-refractivity contribution >= 4 is 17.2 Å². The van der Waals surface area contributed by atoms with Crippen LogP contribution >= 0.6 is 12.2 Å². The van der Waals surface area contributed by atoms with Crippen molar-refractivity contribution < 1.29 is 0 Å². The lowest BCUT2D eigenvalue weighted by Gasteiger charge is -2.25. The van der Waals surface area contributed by atoms with Crippen LogP contribution in [0.15, 0.2) is 6.33 Å². The van der Waals surface area contributed by atoms with Crippen molar-refractivity contribution in [1.29, 1.82) is 0 Å². The molecule has 2 N–H and O–H groups in total. The Morgan fingerprint density at radius 1 is 1.62 bits per heavy atom. The van der Waals surface area contributed by atoms with Crippen molar-refractivity contribution in [3.05, 3.63) is 12.2 Å². The van der Waals surface area contributed by atoms with Crippen LogP contribution < -0.4 is 5.73 Å². The molecule has 1 aromatic rings. The van der Waals surface area contributed by atoms with Crippen LogP contribution in [0.4, 0.5) is 0 Å². The molecule has 0 saturated heterocycles. The maximum Gasteiger partial charge on any atom is 0.141 e. The molecule has 0 aliphatic heterocycles. The Kier molecular flexibility index (Phi) is 4.82. The molecule has 0 saturated carbocycles. The number of hydrogen-bond acceptors (Lipinski definition) is 4. The summed E-state index contributed by atoms with van der Waals surface area (Å²) in [5.41, 5.74) is 5.58. The van der Waals surface area contributed by atoms with Crippen LogP contribution in [-0.4, -0.2) is 37.2 Å². The minimum Gasteiger partial charge on any atom is -0.392 e. The molecular weight excluding hydrogens is 222 g/mol. The molecule has 0 aromatic carbocycles. The van der Waals surface area contributed by atoms with Crippen LogP contribution in [0.25, 0.3) is 0 Å². The smallest absolute Gasteiger partial charge is 0.141 e. The van der Waals surface area contributed by atoms with Gasteiger partial charge in [0.15, 0.2) is 0 Å². The summed E-state index contributed by atoms with van der Waals surface area (Å²) in [5.74, 6) is 0.951. The number of aryl methyl sites for hydroxylation is 1. The largest absolute Gasteiger partial charge is 0.392 e. The van der Waals surface area contributed by atoms with Gasteiger partial charge in [0.25, 0.3) is 0 Å². The number of thiocarbonyl (C=S) groups is 1. The third kappa shape index (κ3) is 3.53. The van der Waals surface area contributed by atoms with Crippen LogP contribution in [0, 0.1) is 0 Å². The molecule has 1 heterocycles. The monoisotopic (exact) mass is 241 g/mol. The van der Waals surface area contributed by atoms with Crippen LogP contribution in [0.2, 0.25) is 0 Å². The second-order valence-corrected chi connectivity index (χ2v) is 4.48. The quantitative estimate of drug-likeness (QED) is 0.746. The SMILES string of the molecule is CCn1ncnc1CN(CC(N)=S)C(C)C. The molecular formula is C10H19N5S. The van der Waals surface area contributed by atoms with Crippen molar-refractivity contribution in [3.8, 4) is 0 Å². The van der Waals surface area contributed by atoms with E-state index in [9.17, 15) is 0 Å². The third-order valence-corrected chi connectivity index (χ3v) is 2.56. The van der Waals surface area contributed by atoms with Crippen molar-refractivity contribution in [2.24, 2.45) is 5.73 Å². The van der Waals surface area contributed by atoms with Crippen LogP contribution in [0.3, 0.4) is 0 Å². The van der Waals surface area contributed by atoms with Gasteiger partial charge in [-0.05, 0) is 20.8 Å². The van der Waals surface area contributed by atoms with Gasteiger partial charge in [-0.3, -0.25) is 4.90 Å². The molecule has 0 spiro atoms. The fourth-order valence-corrected chi connectivity index (χ4v) is 1.64. The predicted octanol–water partition coefficient (Wildman–Crippen LogP) is 0.795. The van der Waals surface area contributed by atoms with E-state index in [0.717, 1.165) is 18.9 Å². The van der Waals surface area contributed by atoms with Gasteiger partial charge in [0.05, 0.1) is 11.5 Å². The first-order chi connectivity index (χ1) is 7.54. The van der Waals surface area contributed by atoms with Gasteiger partial charge in [0.2, 0.25) is 0 Å². The highest BCUT2D eigenvalue weighted by molar-refractivity contribution is 7.80. The van der Waals surface area contributed by atoms with E-state index >= 15 is 0 Å². The van der Waals surface area contributed by atoms with Gasteiger partial charge in [0, 0.05) is 19.1 Å². The summed E-state index contributed by atoms with van der Waals surface area (Å²) >= 11 is 4.94. The summed E-state index contributed by atoms with van der Waals surface area (Å²) in [6.07, 6.45) is 1.58. The van der Waals surface area contributed by atoms with E-state index < -0.39 is 0 Å². The average Bonchev–Trinajstić information content (AvgIpc) is 2.63. The van der Waals surface area contributed by atoms with Crippen LogP contribution in [0.1, 0.15) is 26.6 Å². The Balaban J connectivity index is 2.71. The third-order valence-electron chi connectivity index (χ3n) is 2.43. The Morgan fingerprint density at radius 3 is 2.81 bits per heavy atom. The standard InChI is InChI=1S/C10H19N5S/c1-4-15-10(12-7-13-15)6-14(8(2)3)5-9(11)16/h7-8H,4-6H2,1-3H3,(H2,11,16). The Morgan fingerprint density at radius 2 is 2.31 bits per heavy atom. The molecule has 0 amide bonds. The van der Waals surface area contributed by atoms with Gasteiger partial charge in [0.1, 0.15) is 12.2 Å². The van der Waals surface area contributed by atoms with E-state index in [1.54, 1.807) is 6.33 Å². The highest BCUT2D eigenvalue weighted by Crippen LogP contribution is 2.05. The van der Waals surface area contributed by atoms with E-state index in [0.29, 0.717) is 17.6 Å². The zero-order chi connectivity index (χ0) is 12.1. The summed E-state index contributed by atoms with van der Waals surface area (Å²) in [6.45, 7) is 8.45. The first-order valence-electron chi connectivity index (χ1n) is 5.43. The van der Waals surface area contributed by atoms with Gasteiger partial charge in [-0.2, -0.15) is 5.10 Å². The predicted molar refractivity (Wildman–Crippen MR) is 68.0 cm³/mol. The number of rotatable bonds is 6. The van der Waals surface area contributed by atoms with Gasteiger partial charge in [-0.25, -0.2) is 9.67 Å². The van der Waals surface area contributed by atoms with Gasteiger partial charge in [-0.1, -0.05) is 12.2 Å². The van der Waals surface area contributed by atoms with E-state index in [1.165, 1.54) is 0 Å². The Hall–Kier alpha value is -1.01. The molecule has 0 aliphatic carbocycles. The molecule has 0 bridgehead atoms. The van der Waals surface area contributed by atoms with Gasteiger partial charge < -0.3 is 5.73 Å². The average molecular weight is 241 g/mol. The summed E-state index contributed by atoms with van der Waals surface area (Å²) in [6, 6.07) is 0.378. The number of nitrogens with two attached hydrogens (primary N) is 1. The topological polar surface area (TPSA) is 60.0 Å². The maximum atomic E-state index is 5.58. The lowest BCUT2D eigenvalue weighted by molar-refractivity contribution is 0.235. The zero-order valence-corrected chi connectivity index (χ0v) is 10.9. The fraction of sp³-hybridized carbons (Fsp3) is 0.700. The molecule has 0 unspecified atom stereocenters. The summed E-state index contributed by atoms with van der Waals surface area (Å²) in [4.78, 5) is 6.93. The van der Waals surface area contributed by atoms with E-state index in [-0.39, 0.29) is 0 Å². The van der Waals surface area contributed by atoms with Crippen molar-refractivity contribution in [3.63, 3.8) is 0 Å². The highest BCUT2D eigenvalue weighted by Gasteiger charge is 2.14. The van der Waals surface area contributed by atoms with Crippen LogP contribution in [0.5, 0.6) is 0 Å². The Labute approximate surface area is 102 Å². The summed E-state index contributed by atoms with van der Waals surface area (Å²) in [7, 11) is 0. The Bertz CT molecular complexity index is 347. The zero-order valence-electron chi connectivity index (χ0n) is 10.1. The number of aromatic nitrogens is 3. The maximum absolute atomic E-state index is 5.58. The molecule has 16 heavy (non-hydrogen) atoms. The molecule has 0 atom stereocenters. The lowest BCUT2D eigenvalue weighted by Crippen LogP contribution is -2.38. The van der Waals surface area contributed by atoms with E-state index in [2.05, 4.69) is 28.8 Å². The second-order valence-electron chi connectivity index (χ2n) is 3.96. The first-order valence-corrected chi connectivity index (χ1v) is 5.84. The molecule has 5 nitrogen and oxygen atoms in total. The molecule has 1 rings (SSSR count). The van der Waals surface area contributed by atoms with Crippen molar-refractivity contribution in [2.75, 3.05) is 6.54 Å².